The molecule has 5 nitrogen and oxygen atoms in total. The van der Waals surface area contributed by atoms with E-state index in [1.165, 1.54) is 5.56 Å². The Kier molecular flexibility index (Phi) is 6.23. The van der Waals surface area contributed by atoms with Crippen LogP contribution in [0.15, 0.2) is 24.3 Å². The van der Waals surface area contributed by atoms with Crippen LogP contribution in [0.3, 0.4) is 0 Å². The van der Waals surface area contributed by atoms with Crippen LogP contribution < -0.4 is 4.74 Å². The minimum Gasteiger partial charge on any atom is -0.481 e. The molecular weight excluding hydrogens is 304 g/mol. The van der Waals surface area contributed by atoms with E-state index < -0.39 is 6.10 Å². The number of carbonyl (C=O) groups excluding carboxylic acids is 2. The average molecular weight is 332 g/mol. The van der Waals surface area contributed by atoms with Gasteiger partial charge in [-0.25, -0.2) is 0 Å². The summed E-state index contributed by atoms with van der Waals surface area (Å²) >= 11 is 0. The van der Waals surface area contributed by atoms with Crippen LogP contribution in [0.4, 0.5) is 0 Å². The van der Waals surface area contributed by atoms with E-state index in [4.69, 9.17) is 4.74 Å². The molecule has 1 heterocycles. The van der Waals surface area contributed by atoms with Gasteiger partial charge in [0.05, 0.1) is 0 Å². The maximum Gasteiger partial charge on any atom is 0.263 e. The molecule has 0 aliphatic carbocycles. The van der Waals surface area contributed by atoms with Crippen molar-refractivity contribution in [1.82, 2.24) is 9.80 Å². The molecule has 2 rings (SSSR count). The first kappa shape index (κ1) is 18.3. The fourth-order valence-corrected chi connectivity index (χ4v) is 2.84. The zero-order chi connectivity index (χ0) is 17.7. The molecule has 0 spiro atoms. The molecule has 1 aliphatic rings. The Morgan fingerprint density at radius 2 is 1.54 bits per heavy atom. The summed E-state index contributed by atoms with van der Waals surface area (Å²) < 4.78 is 5.79. The van der Waals surface area contributed by atoms with Gasteiger partial charge in [-0.15, -0.1) is 0 Å². The van der Waals surface area contributed by atoms with Crippen molar-refractivity contribution in [1.29, 1.82) is 0 Å². The van der Waals surface area contributed by atoms with Crippen LogP contribution in [0.25, 0.3) is 0 Å². The Morgan fingerprint density at radius 3 is 2.04 bits per heavy atom. The van der Waals surface area contributed by atoms with Crippen LogP contribution in [0.1, 0.15) is 45.6 Å². The number of nitrogens with zero attached hydrogens (tertiary/aromatic N) is 2. The Labute approximate surface area is 144 Å². The van der Waals surface area contributed by atoms with Crippen LogP contribution in [0, 0.1) is 0 Å². The highest BCUT2D eigenvalue weighted by molar-refractivity contribution is 5.81. The third kappa shape index (κ3) is 4.49. The Bertz CT molecular complexity index is 560. The smallest absolute Gasteiger partial charge is 0.263 e. The molecule has 1 saturated heterocycles. The summed E-state index contributed by atoms with van der Waals surface area (Å²) in [5, 5.41) is 0. The summed E-state index contributed by atoms with van der Waals surface area (Å²) in [6, 6.07) is 7.90. The van der Waals surface area contributed by atoms with Crippen LogP contribution in [0.5, 0.6) is 5.75 Å². The molecule has 1 aromatic rings. The standard InChI is InChI=1S/C19H28N2O3/c1-5-18(22)20-10-12-21(13-11-20)19(23)15(4)24-17-8-6-16(7-9-17)14(2)3/h6-9,14-15H,5,10-13H2,1-4H3. The highest BCUT2D eigenvalue weighted by atomic mass is 16.5. The van der Waals surface area contributed by atoms with E-state index in [9.17, 15) is 9.59 Å². The van der Waals surface area contributed by atoms with Gasteiger partial charge in [-0.1, -0.05) is 32.9 Å². The van der Waals surface area contributed by atoms with Crippen LogP contribution >= 0.6 is 0 Å². The lowest BCUT2D eigenvalue weighted by Gasteiger charge is -2.35. The molecule has 0 aromatic heterocycles. The second-order valence-corrected chi connectivity index (χ2v) is 6.54. The third-order valence-electron chi connectivity index (χ3n) is 4.45. The Balaban J connectivity index is 1.87. The normalized spacial score (nSPS) is 16.2. The van der Waals surface area contributed by atoms with Crippen molar-refractivity contribution in [2.75, 3.05) is 26.2 Å². The van der Waals surface area contributed by atoms with Crippen molar-refractivity contribution >= 4 is 11.8 Å². The molecule has 0 saturated carbocycles. The van der Waals surface area contributed by atoms with Gasteiger partial charge in [-0.2, -0.15) is 0 Å². The number of benzene rings is 1. The minimum atomic E-state index is -0.525. The molecule has 1 aliphatic heterocycles. The maximum atomic E-state index is 12.5. The molecule has 132 valence electrons. The number of ether oxygens (including phenoxy) is 1. The molecule has 0 bridgehead atoms. The number of rotatable bonds is 5. The van der Waals surface area contributed by atoms with Gasteiger partial charge < -0.3 is 14.5 Å². The van der Waals surface area contributed by atoms with Gasteiger partial charge in [0.2, 0.25) is 5.91 Å². The number of carbonyl (C=O) groups is 2. The maximum absolute atomic E-state index is 12.5. The number of amides is 2. The quantitative estimate of drug-likeness (QED) is 0.833. The zero-order valence-corrected chi connectivity index (χ0v) is 15.1. The summed E-state index contributed by atoms with van der Waals surface area (Å²) in [5.74, 6) is 1.31. The lowest BCUT2D eigenvalue weighted by atomic mass is 10.0. The number of piperazine rings is 1. The number of hydrogen-bond donors (Lipinski definition) is 0. The van der Waals surface area contributed by atoms with Gasteiger partial charge in [0.1, 0.15) is 5.75 Å². The lowest BCUT2D eigenvalue weighted by Crippen LogP contribution is -2.53. The highest BCUT2D eigenvalue weighted by Gasteiger charge is 2.27. The molecule has 1 unspecified atom stereocenters. The van der Waals surface area contributed by atoms with E-state index in [2.05, 4.69) is 13.8 Å². The van der Waals surface area contributed by atoms with Crippen molar-refractivity contribution in [2.24, 2.45) is 0 Å². The van der Waals surface area contributed by atoms with Gasteiger partial charge >= 0.3 is 0 Å². The van der Waals surface area contributed by atoms with Crippen molar-refractivity contribution < 1.29 is 14.3 Å². The average Bonchev–Trinajstić information content (AvgIpc) is 2.61. The highest BCUT2D eigenvalue weighted by Crippen LogP contribution is 2.20. The summed E-state index contributed by atoms with van der Waals surface area (Å²) in [7, 11) is 0. The van der Waals surface area contributed by atoms with Gasteiger partial charge in [-0.3, -0.25) is 9.59 Å². The second kappa shape index (κ2) is 8.18. The molecule has 2 amide bonds. The molecule has 24 heavy (non-hydrogen) atoms. The minimum absolute atomic E-state index is 0.0217. The third-order valence-corrected chi connectivity index (χ3v) is 4.45. The van der Waals surface area contributed by atoms with Crippen molar-refractivity contribution in [2.45, 2.75) is 46.1 Å². The van der Waals surface area contributed by atoms with Crippen LogP contribution in [0.2, 0.25) is 0 Å². The van der Waals surface area contributed by atoms with E-state index in [1.54, 1.807) is 11.8 Å². The molecule has 0 radical (unpaired) electrons. The predicted octanol–water partition coefficient (Wildman–Crippen LogP) is 2.66. The second-order valence-electron chi connectivity index (χ2n) is 6.54. The van der Waals surface area contributed by atoms with Gasteiger partial charge in [0, 0.05) is 32.6 Å². The summed E-state index contributed by atoms with van der Waals surface area (Å²) in [6.07, 6.45) is -0.0110. The molecule has 1 aromatic carbocycles. The van der Waals surface area contributed by atoms with Crippen molar-refractivity contribution in [3.8, 4) is 5.75 Å². The Morgan fingerprint density at radius 1 is 1.00 bits per heavy atom. The first-order valence-corrected chi connectivity index (χ1v) is 8.75. The van der Waals surface area contributed by atoms with E-state index in [-0.39, 0.29) is 11.8 Å². The SMILES string of the molecule is CCC(=O)N1CCN(C(=O)C(C)Oc2ccc(C(C)C)cc2)CC1. The van der Waals surface area contributed by atoms with Crippen LogP contribution in [-0.4, -0.2) is 53.9 Å². The van der Waals surface area contributed by atoms with Crippen molar-refractivity contribution in [3.05, 3.63) is 29.8 Å². The summed E-state index contributed by atoms with van der Waals surface area (Å²) in [6.45, 7) is 10.3. The monoisotopic (exact) mass is 332 g/mol. The van der Waals surface area contributed by atoms with Gasteiger partial charge in [0.25, 0.3) is 5.91 Å². The molecule has 5 heteroatoms. The largest absolute Gasteiger partial charge is 0.481 e. The van der Waals surface area contributed by atoms with Crippen molar-refractivity contribution in [3.63, 3.8) is 0 Å². The fourth-order valence-electron chi connectivity index (χ4n) is 2.84. The summed E-state index contributed by atoms with van der Waals surface area (Å²) in [5.41, 5.74) is 1.25. The zero-order valence-electron chi connectivity index (χ0n) is 15.1. The predicted molar refractivity (Wildman–Crippen MR) is 94.1 cm³/mol. The first-order chi connectivity index (χ1) is 11.4. The van der Waals surface area contributed by atoms with Gasteiger partial charge in [0.15, 0.2) is 6.10 Å². The first-order valence-electron chi connectivity index (χ1n) is 8.75. The number of hydrogen-bond acceptors (Lipinski definition) is 3. The Hall–Kier alpha value is -2.04. The lowest BCUT2D eigenvalue weighted by molar-refractivity contribution is -0.143. The van der Waals surface area contributed by atoms with E-state index in [0.29, 0.717) is 44.3 Å². The van der Waals surface area contributed by atoms with Gasteiger partial charge in [-0.05, 0) is 30.5 Å². The van der Waals surface area contributed by atoms with E-state index >= 15 is 0 Å². The molecule has 0 N–H and O–H groups in total. The van der Waals surface area contributed by atoms with Crippen LogP contribution in [-0.2, 0) is 9.59 Å². The van der Waals surface area contributed by atoms with E-state index in [1.807, 2.05) is 36.1 Å². The molecular formula is C19H28N2O3. The van der Waals surface area contributed by atoms with E-state index in [0.717, 1.165) is 0 Å². The summed E-state index contributed by atoms with van der Waals surface area (Å²) in [4.78, 5) is 27.8. The molecule has 1 fully saturated rings. The topological polar surface area (TPSA) is 49.9 Å². The molecule has 1 atom stereocenters. The fraction of sp³-hybridized carbons (Fsp3) is 0.579.